The number of carbonyl (C=O) groups is 1. The van der Waals surface area contributed by atoms with Gasteiger partial charge in [0.05, 0.1) is 11.3 Å². The standard InChI is InChI=1S/C21H26N8O3S/c1-3-29-19(14-8-22-13(2)23-9-14)27-17-18(24-12-25-20(17)29)26-15-4-6-28(10-15)21(30)32-16-5-7-33(31)11-16/h8-9,12,15-16H,3-7,10-11H2,1-2H3,(H,24,25,26). The predicted molar refractivity (Wildman–Crippen MR) is 123 cm³/mol. The molecular weight excluding hydrogens is 444 g/mol. The number of nitrogens with one attached hydrogen (secondary N) is 1. The van der Waals surface area contributed by atoms with E-state index in [0.717, 1.165) is 23.5 Å². The Hall–Kier alpha value is -3.15. The van der Waals surface area contributed by atoms with Crippen LogP contribution in [-0.4, -0.2) is 81.4 Å². The largest absolute Gasteiger partial charge is 0.445 e. The SMILES string of the molecule is CCn1c(-c2cnc(C)nc2)nc2c(NC3CCN(C(=O)OC4CCS(=O)C4)C3)ncnc21. The van der Waals surface area contributed by atoms with Crippen molar-refractivity contribution in [3.8, 4) is 11.4 Å². The summed E-state index contributed by atoms with van der Waals surface area (Å²) < 4.78 is 19.1. The number of ether oxygens (including phenoxy) is 1. The number of rotatable bonds is 5. The highest BCUT2D eigenvalue weighted by Crippen LogP contribution is 2.27. The maximum absolute atomic E-state index is 12.5. The number of aryl methyl sites for hydroxylation is 2. The summed E-state index contributed by atoms with van der Waals surface area (Å²) in [6.45, 7) is 5.67. The number of amides is 1. The van der Waals surface area contributed by atoms with Crippen LogP contribution in [0.5, 0.6) is 0 Å². The number of likely N-dealkylation sites (tertiary alicyclic amines) is 1. The quantitative estimate of drug-likeness (QED) is 0.593. The first kappa shape index (κ1) is 21.7. The molecule has 5 heterocycles. The molecule has 2 aliphatic rings. The predicted octanol–water partition coefficient (Wildman–Crippen LogP) is 1.76. The molecule has 0 spiro atoms. The number of hydrogen-bond donors (Lipinski definition) is 1. The Labute approximate surface area is 193 Å². The van der Waals surface area contributed by atoms with Crippen molar-refractivity contribution in [3.05, 3.63) is 24.5 Å². The fourth-order valence-electron chi connectivity index (χ4n) is 4.25. The normalized spacial score (nSPS) is 22.7. The van der Waals surface area contributed by atoms with Crippen molar-refractivity contribution in [3.63, 3.8) is 0 Å². The summed E-state index contributed by atoms with van der Waals surface area (Å²) in [6.07, 6.45) is 5.90. The Bertz CT molecular complexity index is 1200. The summed E-state index contributed by atoms with van der Waals surface area (Å²) in [6, 6.07) is 0.0197. The van der Waals surface area contributed by atoms with E-state index in [9.17, 15) is 9.00 Å². The first-order valence-corrected chi connectivity index (χ1v) is 12.6. The minimum absolute atomic E-state index is 0.0197. The van der Waals surface area contributed by atoms with Crippen LogP contribution in [-0.2, 0) is 22.1 Å². The van der Waals surface area contributed by atoms with E-state index in [4.69, 9.17) is 9.72 Å². The van der Waals surface area contributed by atoms with Crippen LogP contribution in [0.2, 0.25) is 0 Å². The second kappa shape index (κ2) is 9.00. The van der Waals surface area contributed by atoms with Crippen molar-refractivity contribution >= 4 is 33.9 Å². The van der Waals surface area contributed by atoms with Crippen LogP contribution in [0.15, 0.2) is 18.7 Å². The minimum atomic E-state index is -0.873. The first-order chi connectivity index (χ1) is 16.0. The number of fused-ring (bicyclic) bond motifs is 1. The fourth-order valence-corrected chi connectivity index (χ4v) is 5.60. The van der Waals surface area contributed by atoms with Crippen molar-refractivity contribution in [2.45, 2.75) is 45.4 Å². The third-order valence-electron chi connectivity index (χ3n) is 5.98. The van der Waals surface area contributed by atoms with Gasteiger partial charge in [0.15, 0.2) is 17.0 Å². The Balaban J connectivity index is 1.33. The van der Waals surface area contributed by atoms with Crippen LogP contribution in [0.25, 0.3) is 22.6 Å². The molecule has 0 aromatic carbocycles. The smallest absolute Gasteiger partial charge is 0.410 e. The molecule has 1 N–H and O–H groups in total. The zero-order chi connectivity index (χ0) is 22.9. The van der Waals surface area contributed by atoms with Crippen LogP contribution in [0.4, 0.5) is 10.6 Å². The molecule has 12 heteroatoms. The van der Waals surface area contributed by atoms with Gasteiger partial charge in [-0.05, 0) is 26.7 Å². The number of anilines is 1. The van der Waals surface area contributed by atoms with Crippen molar-refractivity contribution < 1.29 is 13.7 Å². The molecule has 0 radical (unpaired) electrons. The molecule has 0 aliphatic carbocycles. The highest BCUT2D eigenvalue weighted by Gasteiger charge is 2.32. The molecule has 3 aromatic rings. The van der Waals surface area contributed by atoms with Crippen LogP contribution in [0.3, 0.4) is 0 Å². The Kier molecular flexibility index (Phi) is 5.92. The number of aromatic nitrogens is 6. The van der Waals surface area contributed by atoms with Crippen LogP contribution in [0, 0.1) is 6.92 Å². The Morgan fingerprint density at radius 3 is 2.79 bits per heavy atom. The van der Waals surface area contributed by atoms with Gasteiger partial charge in [-0.15, -0.1) is 0 Å². The van der Waals surface area contributed by atoms with Crippen molar-refractivity contribution in [1.29, 1.82) is 0 Å². The molecule has 174 valence electrons. The van der Waals surface area contributed by atoms with Gasteiger partial charge >= 0.3 is 6.09 Å². The summed E-state index contributed by atoms with van der Waals surface area (Å²) in [4.78, 5) is 36.5. The zero-order valence-corrected chi connectivity index (χ0v) is 19.4. The number of hydrogen-bond acceptors (Lipinski definition) is 9. The van der Waals surface area contributed by atoms with E-state index >= 15 is 0 Å². The van der Waals surface area contributed by atoms with Crippen molar-refractivity contribution in [2.24, 2.45) is 0 Å². The van der Waals surface area contributed by atoms with Crippen LogP contribution in [0.1, 0.15) is 25.6 Å². The highest BCUT2D eigenvalue weighted by atomic mass is 32.2. The van der Waals surface area contributed by atoms with Crippen molar-refractivity contribution in [1.82, 2.24) is 34.4 Å². The summed E-state index contributed by atoms with van der Waals surface area (Å²) in [5.74, 6) is 3.11. The zero-order valence-electron chi connectivity index (χ0n) is 18.6. The average Bonchev–Trinajstić information content (AvgIpc) is 3.53. The van der Waals surface area contributed by atoms with Gasteiger partial charge in [0, 0.05) is 54.6 Å². The van der Waals surface area contributed by atoms with E-state index < -0.39 is 10.8 Å². The molecular formula is C21H26N8O3S. The highest BCUT2D eigenvalue weighted by molar-refractivity contribution is 7.85. The lowest BCUT2D eigenvalue weighted by molar-refractivity contribution is 0.0790. The van der Waals surface area contributed by atoms with Crippen molar-refractivity contribution in [2.75, 3.05) is 29.9 Å². The summed E-state index contributed by atoms with van der Waals surface area (Å²) in [7, 11) is -0.873. The van der Waals surface area contributed by atoms with Crippen LogP contribution >= 0.6 is 0 Å². The molecule has 5 rings (SSSR count). The topological polar surface area (TPSA) is 128 Å². The lowest BCUT2D eigenvalue weighted by Crippen LogP contribution is -2.34. The van der Waals surface area contributed by atoms with Gasteiger partial charge in [-0.3, -0.25) is 4.21 Å². The third kappa shape index (κ3) is 4.39. The number of nitrogens with zero attached hydrogens (tertiary/aromatic N) is 7. The van der Waals surface area contributed by atoms with Gasteiger partial charge in [0.25, 0.3) is 0 Å². The minimum Gasteiger partial charge on any atom is -0.445 e. The van der Waals surface area contributed by atoms with E-state index in [1.54, 1.807) is 17.3 Å². The number of carbonyl (C=O) groups excluding carboxylic acids is 1. The summed E-state index contributed by atoms with van der Waals surface area (Å²) in [5, 5.41) is 3.44. The van der Waals surface area contributed by atoms with Gasteiger partial charge < -0.3 is 19.5 Å². The first-order valence-electron chi connectivity index (χ1n) is 11.1. The van der Waals surface area contributed by atoms with E-state index in [1.165, 1.54) is 6.33 Å². The maximum Gasteiger partial charge on any atom is 0.410 e. The molecule has 0 saturated carbocycles. The monoisotopic (exact) mass is 470 g/mol. The Morgan fingerprint density at radius 1 is 1.24 bits per heavy atom. The second-order valence-electron chi connectivity index (χ2n) is 8.27. The summed E-state index contributed by atoms with van der Waals surface area (Å²) in [5.41, 5.74) is 2.22. The average molecular weight is 471 g/mol. The van der Waals surface area contributed by atoms with E-state index in [1.807, 2.05) is 18.4 Å². The lowest BCUT2D eigenvalue weighted by atomic mass is 10.2. The molecule has 11 nitrogen and oxygen atoms in total. The maximum atomic E-state index is 12.5. The van der Waals surface area contributed by atoms with E-state index in [-0.39, 0.29) is 18.2 Å². The third-order valence-corrected chi connectivity index (χ3v) is 7.42. The molecule has 3 aromatic heterocycles. The molecule has 2 saturated heterocycles. The lowest BCUT2D eigenvalue weighted by Gasteiger charge is -2.19. The number of imidazole rings is 1. The van der Waals surface area contributed by atoms with Gasteiger partial charge in [0.2, 0.25) is 0 Å². The van der Waals surface area contributed by atoms with Crippen LogP contribution < -0.4 is 5.32 Å². The molecule has 1 amide bonds. The van der Waals surface area contributed by atoms with Gasteiger partial charge in [0.1, 0.15) is 24.1 Å². The fraction of sp³-hybridized carbons (Fsp3) is 0.524. The molecule has 2 fully saturated rings. The van der Waals surface area contributed by atoms with E-state index in [0.29, 0.717) is 54.7 Å². The molecule has 2 aliphatic heterocycles. The second-order valence-corrected chi connectivity index (χ2v) is 9.90. The molecule has 0 bridgehead atoms. The Morgan fingerprint density at radius 2 is 2.06 bits per heavy atom. The molecule has 3 atom stereocenters. The van der Waals surface area contributed by atoms with Gasteiger partial charge in [-0.25, -0.2) is 29.7 Å². The van der Waals surface area contributed by atoms with E-state index in [2.05, 4.69) is 25.3 Å². The van der Waals surface area contributed by atoms with Gasteiger partial charge in [-0.2, -0.15) is 0 Å². The summed E-state index contributed by atoms with van der Waals surface area (Å²) >= 11 is 0. The van der Waals surface area contributed by atoms with Gasteiger partial charge in [-0.1, -0.05) is 0 Å². The molecule has 33 heavy (non-hydrogen) atoms. The molecule has 3 unspecified atom stereocenters.